The molecule has 4 N–H and O–H groups in total. The number of guanidine groups is 1. The molecule has 0 radical (unpaired) electrons. The van der Waals surface area contributed by atoms with Gasteiger partial charge in [-0.3, -0.25) is 4.79 Å². The molecule has 2 rings (SSSR count). The Balaban J connectivity index is 0.00000338. The number of hydrogen-bond acceptors (Lipinski definition) is 4. The van der Waals surface area contributed by atoms with Gasteiger partial charge in [0.2, 0.25) is 5.91 Å². The van der Waals surface area contributed by atoms with Crippen molar-refractivity contribution in [2.24, 2.45) is 10.7 Å². The van der Waals surface area contributed by atoms with E-state index in [1.165, 1.54) is 0 Å². The van der Waals surface area contributed by atoms with Crippen molar-refractivity contribution >= 4 is 35.8 Å². The van der Waals surface area contributed by atoms with E-state index >= 15 is 0 Å². The monoisotopic (exact) mass is 471 g/mol. The molecule has 0 spiro atoms. The number of halogens is 1. The quantitative estimate of drug-likeness (QED) is 0.327. The van der Waals surface area contributed by atoms with E-state index < -0.39 is 5.91 Å². The molecule has 0 aliphatic heterocycles. The molecule has 0 fully saturated rings. The van der Waals surface area contributed by atoms with Crippen molar-refractivity contribution in [1.29, 1.82) is 0 Å². The highest BCUT2D eigenvalue weighted by Gasteiger charge is 2.08. The maximum atomic E-state index is 11.1. The Labute approximate surface area is 170 Å². The van der Waals surface area contributed by atoms with Crippen LogP contribution in [0.4, 0.5) is 0 Å². The molecule has 0 atom stereocenters. The number of aliphatic imine (C=N–C) groups is 1. The smallest absolute Gasteiger partial charge is 0.248 e. The number of nitrogens with one attached hydrogen (secondary N) is 2. The van der Waals surface area contributed by atoms with Crippen molar-refractivity contribution < 1.29 is 9.32 Å². The second kappa shape index (κ2) is 10.8. The summed E-state index contributed by atoms with van der Waals surface area (Å²) in [6.45, 7) is 7.90. The number of primary amides is 1. The predicted molar refractivity (Wildman–Crippen MR) is 113 cm³/mol. The van der Waals surface area contributed by atoms with Crippen LogP contribution in [0.25, 0.3) is 0 Å². The van der Waals surface area contributed by atoms with Gasteiger partial charge in [-0.1, -0.05) is 31.1 Å². The first-order valence-corrected chi connectivity index (χ1v) is 8.36. The highest BCUT2D eigenvalue weighted by atomic mass is 127. The maximum absolute atomic E-state index is 11.1. The van der Waals surface area contributed by atoms with Crippen LogP contribution in [0.3, 0.4) is 0 Å². The van der Waals surface area contributed by atoms with Gasteiger partial charge in [-0.15, -0.1) is 24.0 Å². The highest BCUT2D eigenvalue weighted by molar-refractivity contribution is 14.0. The average Bonchev–Trinajstić information content (AvgIpc) is 3.07. The third-order valence-corrected chi connectivity index (χ3v) is 3.60. The standard InChI is InChI=1S/C18H25N5O2.HI/c1-4-20-18(22-11-15-9-16(12(2)3)23-25-15)21-10-13-5-7-14(8-6-13)17(19)24;/h5-9,12H,4,10-11H2,1-3H3,(H2,19,24)(H2,20,21,22);1H. The molecular formula is C18H26IN5O2. The van der Waals surface area contributed by atoms with Crippen LogP contribution in [0.5, 0.6) is 0 Å². The Morgan fingerprint density at radius 3 is 2.50 bits per heavy atom. The van der Waals surface area contributed by atoms with Crippen LogP contribution in [0.15, 0.2) is 39.8 Å². The van der Waals surface area contributed by atoms with Gasteiger partial charge in [0.05, 0.1) is 18.8 Å². The van der Waals surface area contributed by atoms with Crippen molar-refractivity contribution in [3.05, 3.63) is 52.9 Å². The van der Waals surface area contributed by atoms with E-state index in [0.717, 1.165) is 23.6 Å². The number of carbonyl (C=O) groups is 1. The van der Waals surface area contributed by atoms with E-state index in [2.05, 4.69) is 34.6 Å². The molecule has 0 aliphatic carbocycles. The van der Waals surface area contributed by atoms with Crippen molar-refractivity contribution in [3.63, 3.8) is 0 Å². The molecule has 1 aromatic carbocycles. The van der Waals surface area contributed by atoms with Crippen molar-refractivity contribution in [1.82, 2.24) is 15.8 Å². The summed E-state index contributed by atoms with van der Waals surface area (Å²) in [5.41, 5.74) is 7.66. The number of amides is 1. The zero-order valence-corrected chi connectivity index (χ0v) is 17.6. The van der Waals surface area contributed by atoms with Gasteiger partial charge in [0.25, 0.3) is 0 Å². The van der Waals surface area contributed by atoms with Crippen LogP contribution >= 0.6 is 24.0 Å². The molecule has 0 saturated carbocycles. The van der Waals surface area contributed by atoms with Crippen molar-refractivity contribution in [2.75, 3.05) is 6.54 Å². The Hall–Kier alpha value is -2.10. The lowest BCUT2D eigenvalue weighted by molar-refractivity contribution is 0.100. The summed E-state index contributed by atoms with van der Waals surface area (Å²) in [4.78, 5) is 15.6. The zero-order valence-electron chi connectivity index (χ0n) is 15.3. The summed E-state index contributed by atoms with van der Waals surface area (Å²) >= 11 is 0. The third-order valence-electron chi connectivity index (χ3n) is 3.60. The van der Waals surface area contributed by atoms with Crippen LogP contribution in [0.1, 0.15) is 54.1 Å². The Kier molecular flexibility index (Phi) is 9.11. The van der Waals surface area contributed by atoms with E-state index in [1.54, 1.807) is 12.1 Å². The highest BCUT2D eigenvalue weighted by Crippen LogP contribution is 2.13. The Morgan fingerprint density at radius 1 is 1.27 bits per heavy atom. The topological polar surface area (TPSA) is 106 Å². The summed E-state index contributed by atoms with van der Waals surface area (Å²) in [6, 6.07) is 9.05. The summed E-state index contributed by atoms with van der Waals surface area (Å²) in [7, 11) is 0. The van der Waals surface area contributed by atoms with E-state index in [1.807, 2.05) is 25.1 Å². The molecule has 0 saturated heterocycles. The number of carbonyl (C=O) groups excluding carboxylic acids is 1. The van der Waals surface area contributed by atoms with Gasteiger partial charge in [-0.05, 0) is 30.5 Å². The first-order chi connectivity index (χ1) is 12.0. The molecule has 7 nitrogen and oxygen atoms in total. The summed E-state index contributed by atoms with van der Waals surface area (Å²) < 4.78 is 5.31. The molecule has 142 valence electrons. The van der Waals surface area contributed by atoms with E-state index in [0.29, 0.717) is 30.5 Å². The SMILES string of the molecule is CCNC(=NCc1ccc(C(N)=O)cc1)NCc1cc(C(C)C)no1.I. The fourth-order valence-corrected chi connectivity index (χ4v) is 2.14. The van der Waals surface area contributed by atoms with Gasteiger partial charge < -0.3 is 20.9 Å². The minimum absolute atomic E-state index is 0. The molecular weight excluding hydrogens is 445 g/mol. The molecule has 1 aromatic heterocycles. The van der Waals surface area contributed by atoms with Gasteiger partial charge >= 0.3 is 0 Å². The number of hydrogen-bond donors (Lipinski definition) is 3. The number of nitrogens with zero attached hydrogens (tertiary/aromatic N) is 2. The molecule has 26 heavy (non-hydrogen) atoms. The van der Waals surface area contributed by atoms with E-state index in [4.69, 9.17) is 10.3 Å². The minimum Gasteiger partial charge on any atom is -0.366 e. The van der Waals surface area contributed by atoms with Gasteiger partial charge in [0, 0.05) is 18.2 Å². The molecule has 8 heteroatoms. The number of aromatic nitrogens is 1. The van der Waals surface area contributed by atoms with E-state index in [-0.39, 0.29) is 24.0 Å². The fourth-order valence-electron chi connectivity index (χ4n) is 2.14. The molecule has 2 aromatic rings. The molecule has 0 bridgehead atoms. The summed E-state index contributed by atoms with van der Waals surface area (Å²) in [5, 5.41) is 10.4. The van der Waals surface area contributed by atoms with Gasteiger partial charge in [0.15, 0.2) is 11.7 Å². The lowest BCUT2D eigenvalue weighted by Gasteiger charge is -2.10. The minimum atomic E-state index is -0.433. The lowest BCUT2D eigenvalue weighted by atomic mass is 10.1. The molecule has 0 aliphatic rings. The predicted octanol–water partition coefficient (Wildman–Crippen LogP) is 2.77. The second-order valence-electron chi connectivity index (χ2n) is 5.98. The van der Waals surface area contributed by atoms with Gasteiger partial charge in [0.1, 0.15) is 0 Å². The van der Waals surface area contributed by atoms with Crippen LogP contribution in [-0.4, -0.2) is 23.6 Å². The van der Waals surface area contributed by atoms with Crippen molar-refractivity contribution in [2.45, 2.75) is 39.8 Å². The van der Waals surface area contributed by atoms with Gasteiger partial charge in [-0.2, -0.15) is 0 Å². The average molecular weight is 471 g/mol. The Bertz CT molecular complexity index is 725. The zero-order chi connectivity index (χ0) is 18.2. The number of nitrogens with two attached hydrogens (primary N) is 1. The maximum Gasteiger partial charge on any atom is 0.248 e. The second-order valence-corrected chi connectivity index (χ2v) is 5.98. The van der Waals surface area contributed by atoms with Crippen LogP contribution in [0, 0.1) is 0 Å². The largest absolute Gasteiger partial charge is 0.366 e. The van der Waals surface area contributed by atoms with Crippen LogP contribution < -0.4 is 16.4 Å². The lowest BCUT2D eigenvalue weighted by Crippen LogP contribution is -2.36. The van der Waals surface area contributed by atoms with Crippen molar-refractivity contribution in [3.8, 4) is 0 Å². The van der Waals surface area contributed by atoms with Gasteiger partial charge in [-0.25, -0.2) is 4.99 Å². The fraction of sp³-hybridized carbons (Fsp3) is 0.389. The summed E-state index contributed by atoms with van der Waals surface area (Å²) in [6.07, 6.45) is 0. The third kappa shape index (κ3) is 6.66. The Morgan fingerprint density at radius 2 is 1.96 bits per heavy atom. The van der Waals surface area contributed by atoms with Crippen LogP contribution in [0.2, 0.25) is 0 Å². The normalized spacial score (nSPS) is 11.2. The van der Waals surface area contributed by atoms with Crippen LogP contribution in [-0.2, 0) is 13.1 Å². The number of rotatable bonds is 7. The number of benzene rings is 1. The first kappa shape index (κ1) is 21.9. The molecule has 1 amide bonds. The van der Waals surface area contributed by atoms with E-state index in [9.17, 15) is 4.79 Å². The molecule has 1 heterocycles. The first-order valence-electron chi connectivity index (χ1n) is 8.36. The molecule has 0 unspecified atom stereocenters. The summed E-state index contributed by atoms with van der Waals surface area (Å²) in [5.74, 6) is 1.35.